The summed E-state index contributed by atoms with van der Waals surface area (Å²) in [6.45, 7) is 7.40. The van der Waals surface area contributed by atoms with Gasteiger partial charge in [-0.3, -0.25) is 28.0 Å². The number of carboxylic acids is 3. The van der Waals surface area contributed by atoms with Gasteiger partial charge in [-0.25, -0.2) is 4.79 Å². The number of rotatable bonds is 23. The largest absolute Gasteiger partial charge is 0.481 e. The first kappa shape index (κ1) is 51.2. The van der Waals surface area contributed by atoms with Crippen molar-refractivity contribution in [3.63, 3.8) is 0 Å². The van der Waals surface area contributed by atoms with Crippen LogP contribution in [0.15, 0.2) is 69.8 Å². The molecule has 0 aromatic rings. The van der Waals surface area contributed by atoms with Crippen LogP contribution in [-0.2, 0) is 49.5 Å². The standard InChI is InChI=1S/C40H58N4O16S3/c1-39(2)31(10-8-11-32-40(3,4)35-28(38(50)51)22-26(37(48)49)23-30(35)44(32)16-9-17-61(52,53)54)43(15-7-5-6-12-33(45)46)29-21-25(24-41-13-18-62(55,56)57)20-27(34(29)39)36(47)42-14-19-63(58,59)60/h8,10-11,21,23,27-28,32,41H,5-7,9,12-20,22,24H2,1-4H3,(H,42,47)(H,45,46)(H,48,49)(H,50,51)(H,52,53,54)(H,55,56,57)(H,58,59,60). The van der Waals surface area contributed by atoms with E-state index < -0.39 is 100 Å². The van der Waals surface area contributed by atoms with Gasteiger partial charge in [0.15, 0.2) is 0 Å². The van der Waals surface area contributed by atoms with Crippen LogP contribution in [0.2, 0.25) is 0 Å². The molecule has 3 atom stereocenters. The van der Waals surface area contributed by atoms with E-state index in [1.807, 2.05) is 44.7 Å². The lowest BCUT2D eigenvalue weighted by molar-refractivity contribution is -0.141. The average molecular weight is 947 g/mol. The molecule has 0 aromatic carbocycles. The number of carboxylic acid groups (broad SMARTS) is 3. The first-order chi connectivity index (χ1) is 29.0. The molecule has 4 aliphatic rings. The van der Waals surface area contributed by atoms with Crippen molar-refractivity contribution in [1.82, 2.24) is 20.4 Å². The van der Waals surface area contributed by atoms with Crippen LogP contribution in [-0.4, -0.2) is 144 Å². The summed E-state index contributed by atoms with van der Waals surface area (Å²) in [6.07, 6.45) is 9.83. The zero-order chi connectivity index (χ0) is 47.3. The Morgan fingerprint density at radius 1 is 0.762 bits per heavy atom. The van der Waals surface area contributed by atoms with E-state index in [4.69, 9.17) is 0 Å². The number of hydrogen-bond acceptors (Lipinski definition) is 13. The van der Waals surface area contributed by atoms with Gasteiger partial charge < -0.3 is 35.8 Å². The molecule has 63 heavy (non-hydrogen) atoms. The molecule has 2 heterocycles. The van der Waals surface area contributed by atoms with Gasteiger partial charge in [0.05, 0.1) is 35.1 Å². The molecule has 0 fully saturated rings. The van der Waals surface area contributed by atoms with Gasteiger partial charge in [0, 0.05) is 72.6 Å². The predicted molar refractivity (Wildman–Crippen MR) is 230 cm³/mol. The molecule has 0 saturated heterocycles. The van der Waals surface area contributed by atoms with E-state index in [2.05, 4.69) is 10.6 Å². The van der Waals surface area contributed by atoms with Crippen molar-refractivity contribution in [2.75, 3.05) is 50.0 Å². The number of carbonyl (C=O) groups is 4. The van der Waals surface area contributed by atoms with Gasteiger partial charge in [0.1, 0.15) is 0 Å². The van der Waals surface area contributed by atoms with Gasteiger partial charge in [0.25, 0.3) is 30.4 Å². The maximum absolute atomic E-state index is 14.0. The fourth-order valence-electron chi connectivity index (χ4n) is 9.09. The van der Waals surface area contributed by atoms with Crippen molar-refractivity contribution in [3.8, 4) is 0 Å². The van der Waals surface area contributed by atoms with Crippen LogP contribution in [0.5, 0.6) is 0 Å². The summed E-state index contributed by atoms with van der Waals surface area (Å²) in [5, 5.41) is 35.0. The minimum atomic E-state index is -4.41. The number of allylic oxidation sites excluding steroid dienone is 5. The number of carbonyl (C=O) groups excluding carboxylic acids is 1. The second kappa shape index (κ2) is 20.2. The van der Waals surface area contributed by atoms with E-state index in [0.717, 1.165) is 0 Å². The monoisotopic (exact) mass is 946 g/mol. The van der Waals surface area contributed by atoms with Crippen molar-refractivity contribution < 1.29 is 73.4 Å². The fraction of sp³-hybridized carbons (Fsp3) is 0.600. The SMILES string of the molecule is CC1(C)C(=CC=CC2N(CCCS(=O)(=O)O)C3=C(C(C(=O)O)CC(C(=O)O)=C3)C2(C)C)N(CCCCCC(=O)O)C2=C1C(C(=O)NCCS(=O)(=O)O)CC(CNCCS(=O)(=O)O)=C2. The van der Waals surface area contributed by atoms with Crippen LogP contribution >= 0.6 is 0 Å². The summed E-state index contributed by atoms with van der Waals surface area (Å²) in [5.74, 6) is -7.99. The van der Waals surface area contributed by atoms with Crippen LogP contribution < -0.4 is 10.6 Å². The molecule has 352 valence electrons. The van der Waals surface area contributed by atoms with Crippen molar-refractivity contribution in [3.05, 3.63) is 69.8 Å². The summed E-state index contributed by atoms with van der Waals surface area (Å²) in [5.41, 5.74) is 1.48. The summed E-state index contributed by atoms with van der Waals surface area (Å²) < 4.78 is 97.2. The number of nitrogens with zero attached hydrogens (tertiary/aromatic N) is 2. The molecule has 4 rings (SSSR count). The van der Waals surface area contributed by atoms with Gasteiger partial charge in [-0.1, -0.05) is 51.8 Å². The average Bonchev–Trinajstić information content (AvgIpc) is 3.49. The van der Waals surface area contributed by atoms with Gasteiger partial charge in [0.2, 0.25) is 5.91 Å². The molecule has 2 aliphatic carbocycles. The normalized spacial score (nSPS) is 22.9. The quantitative estimate of drug-likeness (QED) is 0.0539. The minimum Gasteiger partial charge on any atom is -0.481 e. The molecular weight excluding hydrogens is 889 g/mol. The maximum atomic E-state index is 14.0. The Labute approximate surface area is 367 Å². The van der Waals surface area contributed by atoms with Crippen LogP contribution in [0, 0.1) is 22.7 Å². The Morgan fingerprint density at radius 2 is 1.40 bits per heavy atom. The number of unbranched alkanes of at least 4 members (excludes halogenated alkanes) is 2. The number of hydrogen-bond donors (Lipinski definition) is 8. The first-order valence-electron chi connectivity index (χ1n) is 20.4. The van der Waals surface area contributed by atoms with Crippen LogP contribution in [0.25, 0.3) is 0 Å². The van der Waals surface area contributed by atoms with Crippen molar-refractivity contribution in [1.29, 1.82) is 0 Å². The molecule has 0 saturated carbocycles. The smallest absolute Gasteiger partial charge is 0.331 e. The van der Waals surface area contributed by atoms with Crippen LogP contribution in [0.4, 0.5) is 0 Å². The Bertz CT molecular complexity index is 2360. The zero-order valence-electron chi connectivity index (χ0n) is 35.6. The molecule has 8 N–H and O–H groups in total. The lowest BCUT2D eigenvalue weighted by Crippen LogP contribution is -2.39. The summed E-state index contributed by atoms with van der Waals surface area (Å²) in [7, 11) is -13.1. The molecule has 0 bridgehead atoms. The molecule has 23 heteroatoms. The van der Waals surface area contributed by atoms with Crippen molar-refractivity contribution in [2.24, 2.45) is 22.7 Å². The highest BCUT2D eigenvalue weighted by atomic mass is 32.2. The molecule has 1 amide bonds. The fourth-order valence-corrected chi connectivity index (χ4v) is 10.3. The highest BCUT2D eigenvalue weighted by Crippen LogP contribution is 2.55. The predicted octanol–water partition coefficient (Wildman–Crippen LogP) is 2.45. The van der Waals surface area contributed by atoms with E-state index in [0.29, 0.717) is 59.6 Å². The maximum Gasteiger partial charge on any atom is 0.331 e. The van der Waals surface area contributed by atoms with Crippen molar-refractivity contribution in [2.45, 2.75) is 78.7 Å². The Balaban J connectivity index is 1.82. The Kier molecular flexibility index (Phi) is 16.4. The third-order valence-electron chi connectivity index (χ3n) is 11.8. The molecule has 0 spiro atoms. The van der Waals surface area contributed by atoms with Gasteiger partial charge >= 0.3 is 17.9 Å². The highest BCUT2D eigenvalue weighted by Gasteiger charge is 2.51. The number of aliphatic carboxylic acids is 3. The van der Waals surface area contributed by atoms with E-state index in [9.17, 15) is 73.4 Å². The molecule has 0 radical (unpaired) electrons. The minimum absolute atomic E-state index is 0.00734. The lowest BCUT2D eigenvalue weighted by atomic mass is 9.70. The summed E-state index contributed by atoms with van der Waals surface area (Å²) in [4.78, 5) is 53.8. The molecule has 0 aromatic heterocycles. The second-order valence-corrected chi connectivity index (χ2v) is 21.9. The van der Waals surface area contributed by atoms with E-state index in [1.165, 1.54) is 6.08 Å². The third kappa shape index (κ3) is 13.3. The first-order valence-corrected chi connectivity index (χ1v) is 25.2. The molecule has 3 unspecified atom stereocenters. The van der Waals surface area contributed by atoms with Gasteiger partial charge in [-0.2, -0.15) is 25.3 Å². The number of amides is 1. The third-order valence-corrected chi connectivity index (χ3v) is 14.1. The van der Waals surface area contributed by atoms with E-state index >= 15 is 0 Å². The van der Waals surface area contributed by atoms with Crippen LogP contribution in [0.1, 0.15) is 72.6 Å². The topological polar surface area (TPSA) is 323 Å². The molecular formula is C40H58N4O16S3. The highest BCUT2D eigenvalue weighted by molar-refractivity contribution is 7.86. The zero-order valence-corrected chi connectivity index (χ0v) is 38.1. The van der Waals surface area contributed by atoms with Crippen molar-refractivity contribution >= 4 is 54.2 Å². The lowest BCUT2D eigenvalue weighted by Gasteiger charge is -2.35. The van der Waals surface area contributed by atoms with Gasteiger partial charge in [-0.05, 0) is 61.5 Å². The molecule has 20 nitrogen and oxygen atoms in total. The van der Waals surface area contributed by atoms with E-state index in [-0.39, 0.29) is 57.4 Å². The van der Waals surface area contributed by atoms with E-state index in [1.54, 1.807) is 17.1 Å². The second-order valence-electron chi connectivity index (χ2n) is 17.2. The van der Waals surface area contributed by atoms with Gasteiger partial charge in [-0.15, -0.1) is 0 Å². The Hall–Kier alpha value is -4.39. The Morgan fingerprint density at radius 3 is 1.98 bits per heavy atom. The molecule has 2 aliphatic heterocycles. The number of nitrogens with one attached hydrogen (secondary N) is 2. The summed E-state index contributed by atoms with van der Waals surface area (Å²) >= 11 is 0. The van der Waals surface area contributed by atoms with Crippen LogP contribution in [0.3, 0.4) is 0 Å². The summed E-state index contributed by atoms with van der Waals surface area (Å²) in [6, 6.07) is -0.648.